The fourth-order valence-electron chi connectivity index (χ4n) is 1.57. The van der Waals surface area contributed by atoms with Crippen LogP contribution in [-0.2, 0) is 6.42 Å². The Morgan fingerprint density at radius 2 is 1.81 bits per heavy atom. The van der Waals surface area contributed by atoms with Crippen LogP contribution in [0.25, 0.3) is 0 Å². The molecule has 1 aromatic heterocycles. The van der Waals surface area contributed by atoms with E-state index in [-0.39, 0.29) is 0 Å². The predicted octanol–water partition coefficient (Wildman–Crippen LogP) is 2.40. The van der Waals surface area contributed by atoms with Crippen molar-refractivity contribution in [3.05, 3.63) is 11.6 Å². The summed E-state index contributed by atoms with van der Waals surface area (Å²) in [5.41, 5.74) is 0. The fraction of sp³-hybridized carbons (Fsp3) is 0.750. The highest BCUT2D eigenvalue weighted by molar-refractivity contribution is 5.27. The van der Waals surface area contributed by atoms with E-state index in [1.54, 1.807) is 0 Å². The third kappa shape index (κ3) is 3.15. The molecule has 0 aliphatic carbocycles. The van der Waals surface area contributed by atoms with Crippen LogP contribution in [0.3, 0.4) is 0 Å². The van der Waals surface area contributed by atoms with E-state index in [0.29, 0.717) is 5.92 Å². The Hall–Kier alpha value is -1.19. The van der Waals surface area contributed by atoms with E-state index < -0.39 is 0 Å². The molecule has 0 aliphatic rings. The highest BCUT2D eigenvalue weighted by Gasteiger charge is 2.12. The van der Waals surface area contributed by atoms with E-state index >= 15 is 0 Å². The molecule has 1 heterocycles. The minimum atomic E-state index is 0.414. The first-order chi connectivity index (χ1) is 7.58. The molecule has 1 aromatic rings. The third-order valence-corrected chi connectivity index (χ3v) is 2.57. The highest BCUT2D eigenvalue weighted by Crippen LogP contribution is 2.18. The molecule has 4 heteroatoms. The average molecular weight is 222 g/mol. The van der Waals surface area contributed by atoms with Gasteiger partial charge in [-0.25, -0.2) is 4.98 Å². The summed E-state index contributed by atoms with van der Waals surface area (Å²) in [4.78, 5) is 15.3. The Labute approximate surface area is 98.1 Å². The van der Waals surface area contributed by atoms with Gasteiger partial charge in [0.15, 0.2) is 0 Å². The Bertz CT molecular complexity index is 336. The second-order valence-electron chi connectivity index (χ2n) is 4.35. The summed E-state index contributed by atoms with van der Waals surface area (Å²) < 4.78 is 0. The molecule has 0 fully saturated rings. The van der Waals surface area contributed by atoms with Crippen LogP contribution < -0.4 is 4.90 Å². The summed E-state index contributed by atoms with van der Waals surface area (Å²) in [6, 6.07) is 0. The fourth-order valence-corrected chi connectivity index (χ4v) is 1.57. The zero-order valence-corrected chi connectivity index (χ0v) is 11.0. The summed E-state index contributed by atoms with van der Waals surface area (Å²) in [7, 11) is 3.92. The van der Waals surface area contributed by atoms with Crippen molar-refractivity contribution in [3.8, 4) is 0 Å². The first kappa shape index (κ1) is 12.9. The lowest BCUT2D eigenvalue weighted by Crippen LogP contribution is -2.17. The summed E-state index contributed by atoms with van der Waals surface area (Å²) in [6.07, 6.45) is 3.14. The molecule has 1 unspecified atom stereocenters. The molecule has 0 amide bonds. The maximum Gasteiger partial charge on any atom is 0.228 e. The molecule has 0 spiro atoms. The molecular formula is C12H22N4. The van der Waals surface area contributed by atoms with E-state index in [1.165, 1.54) is 0 Å². The van der Waals surface area contributed by atoms with Crippen LogP contribution in [0.2, 0.25) is 0 Å². The van der Waals surface area contributed by atoms with Crippen molar-refractivity contribution in [2.45, 2.75) is 46.0 Å². The van der Waals surface area contributed by atoms with Crippen LogP contribution in [0.15, 0.2) is 0 Å². The Balaban J connectivity index is 3.03. The van der Waals surface area contributed by atoms with Gasteiger partial charge in [0, 0.05) is 26.4 Å². The minimum absolute atomic E-state index is 0.414. The number of nitrogens with zero attached hydrogens (tertiary/aromatic N) is 4. The normalized spacial score (nSPS) is 12.6. The lowest BCUT2D eigenvalue weighted by atomic mass is 10.1. The molecule has 4 nitrogen and oxygen atoms in total. The van der Waals surface area contributed by atoms with Crippen LogP contribution in [0.1, 0.15) is 51.2 Å². The lowest BCUT2D eigenvalue weighted by Gasteiger charge is -2.15. The van der Waals surface area contributed by atoms with Gasteiger partial charge in [0.05, 0.1) is 0 Å². The van der Waals surface area contributed by atoms with E-state index in [9.17, 15) is 0 Å². The zero-order valence-electron chi connectivity index (χ0n) is 11.0. The zero-order chi connectivity index (χ0) is 12.1. The van der Waals surface area contributed by atoms with Gasteiger partial charge in [-0.15, -0.1) is 0 Å². The summed E-state index contributed by atoms with van der Waals surface area (Å²) in [6.45, 7) is 6.44. The van der Waals surface area contributed by atoms with Crippen molar-refractivity contribution < 1.29 is 0 Å². The summed E-state index contributed by atoms with van der Waals surface area (Å²) in [5, 5.41) is 0. The SMILES string of the molecule is CCCC(C)c1nc(CC)nc(N(C)C)n1. The molecule has 1 rings (SSSR count). The van der Waals surface area contributed by atoms with Gasteiger partial charge >= 0.3 is 0 Å². The first-order valence-corrected chi connectivity index (χ1v) is 6.00. The second kappa shape index (κ2) is 5.77. The number of hydrogen-bond acceptors (Lipinski definition) is 4. The van der Waals surface area contributed by atoms with Crippen LogP contribution in [-0.4, -0.2) is 29.0 Å². The van der Waals surface area contributed by atoms with Crippen molar-refractivity contribution in [2.75, 3.05) is 19.0 Å². The predicted molar refractivity (Wildman–Crippen MR) is 66.9 cm³/mol. The van der Waals surface area contributed by atoms with Gasteiger partial charge < -0.3 is 4.90 Å². The molecule has 0 aromatic carbocycles. The van der Waals surface area contributed by atoms with Crippen molar-refractivity contribution in [3.63, 3.8) is 0 Å². The van der Waals surface area contributed by atoms with Crippen LogP contribution in [0.4, 0.5) is 5.95 Å². The van der Waals surface area contributed by atoms with Gasteiger partial charge in [0.1, 0.15) is 11.6 Å². The van der Waals surface area contributed by atoms with Gasteiger partial charge in [0.2, 0.25) is 5.95 Å². The van der Waals surface area contributed by atoms with Gasteiger partial charge in [-0.1, -0.05) is 27.2 Å². The van der Waals surface area contributed by atoms with E-state index in [4.69, 9.17) is 0 Å². The number of anilines is 1. The first-order valence-electron chi connectivity index (χ1n) is 6.00. The molecule has 0 radical (unpaired) electrons. The molecule has 0 saturated carbocycles. The maximum atomic E-state index is 4.50. The molecule has 0 saturated heterocycles. The average Bonchev–Trinajstić information content (AvgIpc) is 2.28. The summed E-state index contributed by atoms with van der Waals surface area (Å²) in [5.74, 6) is 3.00. The van der Waals surface area contributed by atoms with Crippen LogP contribution >= 0.6 is 0 Å². The molecular weight excluding hydrogens is 200 g/mol. The largest absolute Gasteiger partial charge is 0.347 e. The summed E-state index contributed by atoms with van der Waals surface area (Å²) >= 11 is 0. The Morgan fingerprint density at radius 1 is 1.12 bits per heavy atom. The Kier molecular flexibility index (Phi) is 4.65. The molecule has 90 valence electrons. The maximum absolute atomic E-state index is 4.50. The number of aromatic nitrogens is 3. The van der Waals surface area contributed by atoms with Crippen molar-refractivity contribution in [1.82, 2.24) is 15.0 Å². The molecule has 0 N–H and O–H groups in total. The lowest BCUT2D eigenvalue weighted by molar-refractivity contribution is 0.614. The number of rotatable bonds is 5. The van der Waals surface area contributed by atoms with E-state index in [0.717, 1.165) is 36.9 Å². The smallest absolute Gasteiger partial charge is 0.228 e. The van der Waals surface area contributed by atoms with Crippen molar-refractivity contribution >= 4 is 5.95 Å². The highest BCUT2D eigenvalue weighted by atomic mass is 15.2. The standard InChI is InChI=1S/C12H22N4/c1-6-8-9(3)11-13-10(7-2)14-12(15-11)16(4)5/h9H,6-8H2,1-5H3. The van der Waals surface area contributed by atoms with E-state index in [2.05, 4.69) is 35.7 Å². The van der Waals surface area contributed by atoms with Gasteiger partial charge in [0.25, 0.3) is 0 Å². The molecule has 1 atom stereocenters. The molecule has 0 bridgehead atoms. The number of hydrogen-bond donors (Lipinski definition) is 0. The van der Waals surface area contributed by atoms with Crippen LogP contribution in [0.5, 0.6) is 0 Å². The van der Waals surface area contributed by atoms with Crippen LogP contribution in [0, 0.1) is 0 Å². The van der Waals surface area contributed by atoms with Crippen molar-refractivity contribution in [2.24, 2.45) is 0 Å². The molecule has 0 aliphatic heterocycles. The van der Waals surface area contributed by atoms with Gasteiger partial charge in [-0.3, -0.25) is 0 Å². The van der Waals surface area contributed by atoms with Crippen molar-refractivity contribution in [1.29, 1.82) is 0 Å². The quantitative estimate of drug-likeness (QED) is 0.767. The third-order valence-electron chi connectivity index (χ3n) is 2.57. The Morgan fingerprint density at radius 3 is 2.31 bits per heavy atom. The van der Waals surface area contributed by atoms with Gasteiger partial charge in [-0.2, -0.15) is 9.97 Å². The monoisotopic (exact) mass is 222 g/mol. The number of aryl methyl sites for hydroxylation is 1. The molecule has 16 heavy (non-hydrogen) atoms. The second-order valence-corrected chi connectivity index (χ2v) is 4.35. The van der Waals surface area contributed by atoms with E-state index in [1.807, 2.05) is 19.0 Å². The topological polar surface area (TPSA) is 41.9 Å². The van der Waals surface area contributed by atoms with Gasteiger partial charge in [-0.05, 0) is 6.42 Å². The minimum Gasteiger partial charge on any atom is -0.347 e.